The lowest BCUT2D eigenvalue weighted by atomic mass is 10.2. The average Bonchev–Trinajstić information content (AvgIpc) is 2.64. The fourth-order valence-electron chi connectivity index (χ4n) is 1.63. The Balaban J connectivity index is 2.53. The number of hydrogen-bond donors (Lipinski definition) is 1. The first-order valence-corrected chi connectivity index (χ1v) is 5.90. The van der Waals surface area contributed by atoms with E-state index in [0.29, 0.717) is 10.0 Å². The molecule has 0 bridgehead atoms. The summed E-state index contributed by atoms with van der Waals surface area (Å²) in [6.07, 6.45) is 1.67. The van der Waals surface area contributed by atoms with Gasteiger partial charge in [-0.15, -0.1) is 0 Å². The first-order valence-electron chi connectivity index (χ1n) is 5.11. The summed E-state index contributed by atoms with van der Waals surface area (Å²) in [6.45, 7) is 3.89. The van der Waals surface area contributed by atoms with Gasteiger partial charge in [0.1, 0.15) is 4.99 Å². The standard InChI is InChI=1S/C12H12ClN3S/c1-7-3-4-9(5-11(7)13)16-8(2)10(6-15-16)12(14)17/h3-6H,1-2H3,(H2,14,17). The molecule has 0 radical (unpaired) electrons. The lowest BCUT2D eigenvalue weighted by Crippen LogP contribution is -2.10. The van der Waals surface area contributed by atoms with Crippen LogP contribution in [0.4, 0.5) is 0 Å². The van der Waals surface area contributed by atoms with E-state index in [-0.39, 0.29) is 0 Å². The van der Waals surface area contributed by atoms with Crippen molar-refractivity contribution in [3.8, 4) is 5.69 Å². The van der Waals surface area contributed by atoms with Crippen LogP contribution in [0.5, 0.6) is 0 Å². The van der Waals surface area contributed by atoms with Gasteiger partial charge in [0.25, 0.3) is 0 Å². The molecule has 2 N–H and O–H groups in total. The third kappa shape index (κ3) is 2.18. The molecule has 2 rings (SSSR count). The third-order valence-corrected chi connectivity index (χ3v) is 3.30. The van der Waals surface area contributed by atoms with Gasteiger partial charge in [0.05, 0.1) is 23.1 Å². The van der Waals surface area contributed by atoms with E-state index in [1.54, 1.807) is 10.9 Å². The molecule has 0 aliphatic carbocycles. The first-order chi connectivity index (χ1) is 8.00. The third-order valence-electron chi connectivity index (χ3n) is 2.68. The van der Waals surface area contributed by atoms with Gasteiger partial charge in [-0.3, -0.25) is 0 Å². The zero-order valence-corrected chi connectivity index (χ0v) is 11.1. The van der Waals surface area contributed by atoms with Gasteiger partial charge in [-0.2, -0.15) is 5.10 Å². The van der Waals surface area contributed by atoms with Crippen molar-refractivity contribution in [2.45, 2.75) is 13.8 Å². The number of thiocarbonyl (C=S) groups is 1. The number of nitrogens with zero attached hydrogens (tertiary/aromatic N) is 2. The maximum Gasteiger partial charge on any atom is 0.107 e. The van der Waals surface area contributed by atoms with Crippen LogP contribution in [0.2, 0.25) is 5.02 Å². The molecule has 0 aliphatic rings. The number of halogens is 1. The highest BCUT2D eigenvalue weighted by atomic mass is 35.5. The lowest BCUT2D eigenvalue weighted by Gasteiger charge is -2.07. The fourth-order valence-corrected chi connectivity index (χ4v) is 2.00. The molecule has 0 fully saturated rings. The van der Waals surface area contributed by atoms with Crippen molar-refractivity contribution in [2.24, 2.45) is 5.73 Å². The van der Waals surface area contributed by atoms with Crippen molar-refractivity contribution in [1.29, 1.82) is 0 Å². The summed E-state index contributed by atoms with van der Waals surface area (Å²) in [4.78, 5) is 0.354. The molecule has 5 heteroatoms. The van der Waals surface area contributed by atoms with Crippen LogP contribution in [0.15, 0.2) is 24.4 Å². The molecule has 0 aliphatic heterocycles. The van der Waals surface area contributed by atoms with Crippen molar-refractivity contribution in [2.75, 3.05) is 0 Å². The minimum atomic E-state index is 0.354. The largest absolute Gasteiger partial charge is 0.389 e. The van der Waals surface area contributed by atoms with Gasteiger partial charge in [-0.25, -0.2) is 4.68 Å². The number of benzene rings is 1. The Kier molecular flexibility index (Phi) is 3.17. The number of hydrogen-bond acceptors (Lipinski definition) is 2. The van der Waals surface area contributed by atoms with Gasteiger partial charge in [0, 0.05) is 5.02 Å². The van der Waals surface area contributed by atoms with Crippen molar-refractivity contribution < 1.29 is 0 Å². The molecular weight excluding hydrogens is 254 g/mol. The van der Waals surface area contributed by atoms with Crippen molar-refractivity contribution >= 4 is 28.8 Å². The number of rotatable bonds is 2. The zero-order valence-electron chi connectivity index (χ0n) is 9.57. The second-order valence-electron chi connectivity index (χ2n) is 3.85. The molecule has 88 valence electrons. The Morgan fingerprint density at radius 2 is 2.12 bits per heavy atom. The molecule has 0 amide bonds. The van der Waals surface area contributed by atoms with Crippen LogP contribution in [0.3, 0.4) is 0 Å². The van der Waals surface area contributed by atoms with E-state index in [1.165, 1.54) is 0 Å². The van der Waals surface area contributed by atoms with Crippen LogP contribution in [0.1, 0.15) is 16.8 Å². The van der Waals surface area contributed by atoms with E-state index < -0.39 is 0 Å². The van der Waals surface area contributed by atoms with E-state index >= 15 is 0 Å². The van der Waals surface area contributed by atoms with Crippen molar-refractivity contribution in [3.05, 3.63) is 46.2 Å². The van der Waals surface area contributed by atoms with Crippen molar-refractivity contribution in [1.82, 2.24) is 9.78 Å². The molecule has 1 aromatic heterocycles. The zero-order chi connectivity index (χ0) is 12.6. The normalized spacial score (nSPS) is 10.5. The summed E-state index contributed by atoms with van der Waals surface area (Å²) >= 11 is 11.1. The molecule has 0 unspecified atom stereocenters. The maximum atomic E-state index is 6.09. The Morgan fingerprint density at radius 3 is 2.65 bits per heavy atom. The first kappa shape index (κ1) is 12.1. The van der Waals surface area contributed by atoms with E-state index in [1.807, 2.05) is 32.0 Å². The molecule has 0 atom stereocenters. The second kappa shape index (κ2) is 4.47. The van der Waals surface area contributed by atoms with Crippen LogP contribution in [-0.4, -0.2) is 14.8 Å². The van der Waals surface area contributed by atoms with Gasteiger partial charge in [0.15, 0.2) is 0 Å². The second-order valence-corrected chi connectivity index (χ2v) is 4.70. The quantitative estimate of drug-likeness (QED) is 0.850. The van der Waals surface area contributed by atoms with Crippen LogP contribution in [0.25, 0.3) is 5.69 Å². The highest BCUT2D eigenvalue weighted by molar-refractivity contribution is 7.80. The van der Waals surface area contributed by atoms with Crippen LogP contribution in [-0.2, 0) is 0 Å². The van der Waals surface area contributed by atoms with E-state index in [2.05, 4.69) is 5.10 Å². The molecule has 0 saturated heterocycles. The minimum absolute atomic E-state index is 0.354. The minimum Gasteiger partial charge on any atom is -0.389 e. The average molecular weight is 266 g/mol. The topological polar surface area (TPSA) is 43.8 Å². The highest BCUT2D eigenvalue weighted by Gasteiger charge is 2.10. The van der Waals surface area contributed by atoms with Gasteiger partial charge >= 0.3 is 0 Å². The summed E-state index contributed by atoms with van der Waals surface area (Å²) < 4.78 is 1.78. The lowest BCUT2D eigenvalue weighted by molar-refractivity contribution is 0.846. The van der Waals surface area contributed by atoms with Crippen LogP contribution >= 0.6 is 23.8 Å². The Labute approximate surface area is 110 Å². The monoisotopic (exact) mass is 265 g/mol. The predicted octanol–water partition coefficient (Wildman–Crippen LogP) is 2.78. The highest BCUT2D eigenvalue weighted by Crippen LogP contribution is 2.21. The molecule has 0 saturated carbocycles. The molecule has 2 aromatic rings. The fraction of sp³-hybridized carbons (Fsp3) is 0.167. The smallest absolute Gasteiger partial charge is 0.107 e. The Hall–Kier alpha value is -1.39. The molecule has 17 heavy (non-hydrogen) atoms. The van der Waals surface area contributed by atoms with E-state index in [0.717, 1.165) is 22.5 Å². The molecule has 1 aromatic carbocycles. The summed E-state index contributed by atoms with van der Waals surface area (Å²) in [5, 5.41) is 4.99. The summed E-state index contributed by atoms with van der Waals surface area (Å²) in [5.74, 6) is 0. The number of nitrogens with two attached hydrogens (primary N) is 1. The summed E-state index contributed by atoms with van der Waals surface area (Å²) in [6, 6.07) is 5.80. The molecule has 1 heterocycles. The number of aryl methyl sites for hydroxylation is 1. The van der Waals surface area contributed by atoms with Crippen LogP contribution < -0.4 is 5.73 Å². The van der Waals surface area contributed by atoms with Crippen molar-refractivity contribution in [3.63, 3.8) is 0 Å². The molecule has 3 nitrogen and oxygen atoms in total. The summed E-state index contributed by atoms with van der Waals surface area (Å²) in [5.41, 5.74) is 9.26. The van der Waals surface area contributed by atoms with Gasteiger partial charge in [-0.1, -0.05) is 29.9 Å². The summed E-state index contributed by atoms with van der Waals surface area (Å²) in [7, 11) is 0. The SMILES string of the molecule is Cc1ccc(-n2ncc(C(N)=S)c2C)cc1Cl. The Morgan fingerprint density at radius 1 is 1.41 bits per heavy atom. The Bertz CT molecular complexity index is 589. The van der Waals surface area contributed by atoms with Gasteiger partial charge in [-0.05, 0) is 31.5 Å². The molecular formula is C12H12ClN3S. The van der Waals surface area contributed by atoms with Gasteiger partial charge in [0.2, 0.25) is 0 Å². The number of aromatic nitrogens is 2. The maximum absolute atomic E-state index is 6.09. The molecule has 0 spiro atoms. The van der Waals surface area contributed by atoms with E-state index in [9.17, 15) is 0 Å². The van der Waals surface area contributed by atoms with E-state index in [4.69, 9.17) is 29.6 Å². The predicted molar refractivity (Wildman–Crippen MR) is 73.9 cm³/mol. The van der Waals surface area contributed by atoms with Crippen LogP contribution in [0, 0.1) is 13.8 Å². The van der Waals surface area contributed by atoms with Gasteiger partial charge < -0.3 is 5.73 Å².